The summed E-state index contributed by atoms with van der Waals surface area (Å²) in [7, 11) is 0. The predicted octanol–water partition coefficient (Wildman–Crippen LogP) is 4.60. The van der Waals surface area contributed by atoms with Crippen molar-refractivity contribution in [2.24, 2.45) is 0 Å². The average molecular weight is 430 g/mol. The Hall–Kier alpha value is -4.60. The molecule has 0 amide bonds. The van der Waals surface area contributed by atoms with E-state index in [0.29, 0.717) is 16.9 Å². The van der Waals surface area contributed by atoms with Crippen LogP contribution in [0.2, 0.25) is 0 Å². The van der Waals surface area contributed by atoms with Gasteiger partial charge in [0.2, 0.25) is 11.6 Å². The maximum Gasteiger partial charge on any atom is 0.353 e. The summed E-state index contributed by atoms with van der Waals surface area (Å²) < 4.78 is 5.06. The first-order chi connectivity index (χ1) is 15.6. The van der Waals surface area contributed by atoms with E-state index in [9.17, 15) is 14.9 Å². The van der Waals surface area contributed by atoms with Crippen LogP contribution in [0.4, 0.5) is 28.7 Å². The van der Waals surface area contributed by atoms with E-state index in [1.165, 1.54) is 6.33 Å². The summed E-state index contributed by atoms with van der Waals surface area (Å²) in [6.45, 7) is 1.90. The first-order valence-corrected chi connectivity index (χ1v) is 9.71. The summed E-state index contributed by atoms with van der Waals surface area (Å²) in [5, 5.41) is 18.7. The van der Waals surface area contributed by atoms with E-state index in [-0.39, 0.29) is 29.5 Å². The Kier molecular flexibility index (Phi) is 5.84. The number of benzene rings is 2. The molecule has 0 saturated carbocycles. The molecule has 0 bridgehead atoms. The summed E-state index contributed by atoms with van der Waals surface area (Å²) in [4.78, 5) is 36.1. The monoisotopic (exact) mass is 430 g/mol. The smallest absolute Gasteiger partial charge is 0.353 e. The zero-order chi connectivity index (χ0) is 22.5. The number of pyridine rings is 1. The number of carbonyl (C=O) groups excluding carboxylic acids is 1. The van der Waals surface area contributed by atoms with E-state index in [2.05, 4.69) is 25.6 Å². The molecule has 2 aromatic carbocycles. The second-order valence-corrected chi connectivity index (χ2v) is 6.57. The minimum Gasteiger partial charge on any atom is -0.462 e. The number of nitro groups is 1. The fourth-order valence-electron chi connectivity index (χ4n) is 3.17. The maximum absolute atomic E-state index is 12.3. The largest absolute Gasteiger partial charge is 0.462 e. The van der Waals surface area contributed by atoms with Crippen LogP contribution in [-0.2, 0) is 4.74 Å². The number of ether oxygens (including phenoxy) is 1. The molecule has 0 aliphatic carbocycles. The van der Waals surface area contributed by atoms with Gasteiger partial charge in [0.1, 0.15) is 6.33 Å². The fraction of sp³-hybridized carbons (Fsp3) is 0.0909. The van der Waals surface area contributed by atoms with E-state index in [4.69, 9.17) is 4.74 Å². The van der Waals surface area contributed by atoms with Crippen molar-refractivity contribution in [3.63, 3.8) is 0 Å². The number of fused-ring (bicyclic) bond motifs is 1. The van der Waals surface area contributed by atoms with Gasteiger partial charge in [-0.25, -0.2) is 14.8 Å². The van der Waals surface area contributed by atoms with Crippen LogP contribution in [0.25, 0.3) is 10.9 Å². The molecular formula is C22H18N6O4. The second-order valence-electron chi connectivity index (χ2n) is 6.57. The number of para-hydroxylation sites is 2. The molecule has 0 aliphatic rings. The number of anilines is 4. The molecule has 0 saturated heterocycles. The summed E-state index contributed by atoms with van der Waals surface area (Å²) in [6, 6.07) is 15.7. The third kappa shape index (κ3) is 4.15. The summed E-state index contributed by atoms with van der Waals surface area (Å²) in [5.41, 5.74) is 1.38. The number of hydrogen-bond donors (Lipinski definition) is 2. The number of rotatable bonds is 7. The minimum absolute atomic E-state index is 0.0146. The molecule has 2 heterocycles. The molecule has 4 rings (SSSR count). The van der Waals surface area contributed by atoms with Gasteiger partial charge < -0.3 is 15.4 Å². The zero-order valence-electron chi connectivity index (χ0n) is 17.0. The minimum atomic E-state index is -0.587. The van der Waals surface area contributed by atoms with Crippen molar-refractivity contribution < 1.29 is 14.5 Å². The van der Waals surface area contributed by atoms with Gasteiger partial charge in [0.25, 0.3) is 0 Å². The SMILES string of the molecule is CCOC(=O)c1ccccc1Nc1ncnc(Nc2cccc3cccnc23)c1[N+](=O)[O-]. The van der Waals surface area contributed by atoms with E-state index in [1.807, 2.05) is 24.3 Å². The summed E-state index contributed by atoms with van der Waals surface area (Å²) >= 11 is 0. The Labute approximate surface area is 182 Å². The first-order valence-electron chi connectivity index (χ1n) is 9.71. The molecule has 0 radical (unpaired) electrons. The van der Waals surface area contributed by atoms with Crippen molar-refractivity contribution in [1.82, 2.24) is 15.0 Å². The van der Waals surface area contributed by atoms with Gasteiger partial charge in [-0.3, -0.25) is 15.1 Å². The molecule has 10 heteroatoms. The van der Waals surface area contributed by atoms with Gasteiger partial charge >= 0.3 is 11.7 Å². The lowest BCUT2D eigenvalue weighted by atomic mass is 10.1. The Morgan fingerprint density at radius 2 is 1.66 bits per heavy atom. The lowest BCUT2D eigenvalue weighted by Crippen LogP contribution is -2.10. The highest BCUT2D eigenvalue weighted by Gasteiger charge is 2.25. The maximum atomic E-state index is 12.3. The number of aromatic nitrogens is 3. The molecule has 0 spiro atoms. The van der Waals surface area contributed by atoms with Crippen LogP contribution in [0.15, 0.2) is 67.1 Å². The molecule has 2 aromatic heterocycles. The van der Waals surface area contributed by atoms with Crippen LogP contribution in [0.1, 0.15) is 17.3 Å². The topological polar surface area (TPSA) is 132 Å². The van der Waals surface area contributed by atoms with Crippen molar-refractivity contribution in [1.29, 1.82) is 0 Å². The summed E-state index contributed by atoms with van der Waals surface area (Å²) in [6.07, 6.45) is 2.84. The highest BCUT2D eigenvalue weighted by molar-refractivity contribution is 5.97. The van der Waals surface area contributed by atoms with Crippen molar-refractivity contribution >= 4 is 45.6 Å². The van der Waals surface area contributed by atoms with Crippen molar-refractivity contribution in [3.05, 3.63) is 82.8 Å². The highest BCUT2D eigenvalue weighted by atomic mass is 16.6. The molecule has 0 aliphatic heterocycles. The standard InChI is InChI=1S/C22H18N6O4/c1-2-32-22(29)15-9-3-4-10-16(15)26-20-19(28(30)31)21(25-13-24-20)27-17-11-5-7-14-8-6-12-23-18(14)17/h3-13H,2H2,1H3,(H2,24,25,26,27). The van der Waals surface area contributed by atoms with Gasteiger partial charge in [-0.05, 0) is 31.2 Å². The third-order valence-corrected chi connectivity index (χ3v) is 4.57. The molecule has 32 heavy (non-hydrogen) atoms. The summed E-state index contributed by atoms with van der Waals surface area (Å²) in [5.74, 6) is -0.635. The van der Waals surface area contributed by atoms with Gasteiger partial charge in [-0.2, -0.15) is 0 Å². The highest BCUT2D eigenvalue weighted by Crippen LogP contribution is 2.35. The van der Waals surface area contributed by atoms with Gasteiger partial charge in [-0.1, -0.05) is 30.3 Å². The average Bonchev–Trinajstić information content (AvgIpc) is 2.80. The van der Waals surface area contributed by atoms with E-state index >= 15 is 0 Å². The molecular weight excluding hydrogens is 412 g/mol. The number of hydrogen-bond acceptors (Lipinski definition) is 9. The Morgan fingerprint density at radius 3 is 2.41 bits per heavy atom. The lowest BCUT2D eigenvalue weighted by Gasteiger charge is -2.13. The quantitative estimate of drug-likeness (QED) is 0.245. The van der Waals surface area contributed by atoms with E-state index in [0.717, 1.165) is 5.39 Å². The van der Waals surface area contributed by atoms with Crippen molar-refractivity contribution in [3.8, 4) is 0 Å². The van der Waals surface area contributed by atoms with Gasteiger partial charge in [0.05, 0.1) is 34.0 Å². The fourth-order valence-corrected chi connectivity index (χ4v) is 3.17. The van der Waals surface area contributed by atoms with Crippen molar-refractivity contribution in [2.45, 2.75) is 6.92 Å². The lowest BCUT2D eigenvalue weighted by molar-refractivity contribution is -0.383. The van der Waals surface area contributed by atoms with Gasteiger partial charge in [0, 0.05) is 11.6 Å². The van der Waals surface area contributed by atoms with Crippen LogP contribution in [0.5, 0.6) is 0 Å². The Morgan fingerprint density at radius 1 is 0.969 bits per heavy atom. The predicted molar refractivity (Wildman–Crippen MR) is 119 cm³/mol. The molecule has 4 aromatic rings. The van der Waals surface area contributed by atoms with E-state index in [1.54, 1.807) is 43.5 Å². The third-order valence-electron chi connectivity index (χ3n) is 4.57. The number of esters is 1. The van der Waals surface area contributed by atoms with E-state index < -0.39 is 10.9 Å². The van der Waals surface area contributed by atoms with Gasteiger partial charge in [0.15, 0.2) is 0 Å². The first kappa shape index (κ1) is 20.7. The van der Waals surface area contributed by atoms with Crippen molar-refractivity contribution in [2.75, 3.05) is 17.2 Å². The van der Waals surface area contributed by atoms with Crippen LogP contribution in [-0.4, -0.2) is 32.5 Å². The molecule has 0 unspecified atom stereocenters. The molecule has 2 N–H and O–H groups in total. The molecule has 0 atom stereocenters. The van der Waals surface area contributed by atoms with Gasteiger partial charge in [-0.15, -0.1) is 0 Å². The Balaban J connectivity index is 1.74. The van der Waals surface area contributed by atoms with Crippen LogP contribution in [0.3, 0.4) is 0 Å². The Bertz CT molecular complexity index is 1310. The van der Waals surface area contributed by atoms with Crippen LogP contribution >= 0.6 is 0 Å². The molecule has 160 valence electrons. The number of nitrogens with one attached hydrogen (secondary N) is 2. The number of nitrogens with zero attached hydrogens (tertiary/aromatic N) is 4. The zero-order valence-corrected chi connectivity index (χ0v) is 17.0. The second kappa shape index (κ2) is 9.04. The van der Waals surface area contributed by atoms with Crippen LogP contribution in [0, 0.1) is 10.1 Å². The normalized spacial score (nSPS) is 10.5. The molecule has 0 fully saturated rings. The number of carbonyl (C=O) groups is 1. The molecule has 10 nitrogen and oxygen atoms in total. The van der Waals surface area contributed by atoms with Crippen LogP contribution < -0.4 is 10.6 Å².